The van der Waals surface area contributed by atoms with Crippen LogP contribution in [0.25, 0.3) is 0 Å². The molecule has 0 atom stereocenters. The molecule has 2 N–H and O–H groups in total. The summed E-state index contributed by atoms with van der Waals surface area (Å²) in [5.74, 6) is 0. The third kappa shape index (κ3) is 28.7. The predicted octanol–water partition coefficient (Wildman–Crippen LogP) is 2.58. The van der Waals surface area contributed by atoms with Gasteiger partial charge in [0.1, 0.15) is 0 Å². The Kier molecular flexibility index (Phi) is 19.7. The van der Waals surface area contributed by atoms with Crippen molar-refractivity contribution < 1.29 is 22.5 Å². The topological polar surface area (TPSA) is 83.0 Å². The number of hydrogen-bond donors (Lipinski definition) is 1. The summed E-state index contributed by atoms with van der Waals surface area (Å²) in [6, 6.07) is 0. The van der Waals surface area contributed by atoms with E-state index in [-0.39, 0.29) is 6.61 Å². The highest BCUT2D eigenvalue weighted by atomic mass is 32.3. The van der Waals surface area contributed by atoms with Gasteiger partial charge >= 0.3 is 0 Å². The van der Waals surface area contributed by atoms with Crippen LogP contribution < -0.4 is 5.32 Å². The maximum atomic E-state index is 10.1. The van der Waals surface area contributed by atoms with E-state index in [1.165, 1.54) is 51.4 Å². The van der Waals surface area contributed by atoms with E-state index in [9.17, 15) is 13.0 Å². The zero-order valence-corrected chi connectivity index (χ0v) is 14.9. The lowest BCUT2D eigenvalue weighted by molar-refractivity contribution is -0.597. The van der Waals surface area contributed by atoms with E-state index in [0.717, 1.165) is 12.8 Å². The Labute approximate surface area is 131 Å². The van der Waals surface area contributed by atoms with Gasteiger partial charge in [-0.15, -0.1) is 0 Å². The molecule has 0 saturated heterocycles. The molecule has 0 aromatic carbocycles. The lowest BCUT2D eigenvalue weighted by atomic mass is 10.1. The first kappa shape index (κ1) is 23.1. The van der Waals surface area contributed by atoms with Crippen LogP contribution in [0.5, 0.6) is 0 Å². The van der Waals surface area contributed by atoms with Gasteiger partial charge in [-0.2, -0.15) is 0 Å². The summed E-state index contributed by atoms with van der Waals surface area (Å²) >= 11 is 0. The van der Waals surface area contributed by atoms with E-state index in [0.29, 0.717) is 6.42 Å². The van der Waals surface area contributed by atoms with Crippen LogP contribution in [0.3, 0.4) is 0 Å². The molecule has 0 heterocycles. The zero-order chi connectivity index (χ0) is 16.4. The summed E-state index contributed by atoms with van der Waals surface area (Å²) in [6.07, 6.45) is 13.1. The molecule has 6 heteroatoms. The summed E-state index contributed by atoms with van der Waals surface area (Å²) in [5, 5.41) is 2.00. The number of quaternary nitrogens is 1. The van der Waals surface area contributed by atoms with Crippen molar-refractivity contribution in [1.29, 1.82) is 0 Å². The first-order chi connectivity index (χ1) is 9.97. The van der Waals surface area contributed by atoms with Crippen molar-refractivity contribution in [1.82, 2.24) is 0 Å². The number of hydrogen-bond acceptors (Lipinski definition) is 4. The fourth-order valence-corrected chi connectivity index (χ4v) is 2.25. The second kappa shape index (κ2) is 17.9. The van der Waals surface area contributed by atoms with Crippen LogP contribution in [0.4, 0.5) is 0 Å². The molecule has 0 radical (unpaired) electrons. The monoisotopic (exact) mass is 325 g/mol. The molecule has 0 aliphatic rings. The van der Waals surface area contributed by atoms with E-state index >= 15 is 0 Å². The molecule has 0 aliphatic heterocycles. The van der Waals surface area contributed by atoms with E-state index in [2.05, 4.69) is 11.1 Å². The first-order valence-electron chi connectivity index (χ1n) is 8.32. The summed E-state index contributed by atoms with van der Waals surface area (Å²) in [5.41, 5.74) is 0. The number of rotatable bonds is 13. The minimum absolute atomic E-state index is 0.0306. The molecule has 5 nitrogen and oxygen atoms in total. The Hall–Kier alpha value is -0.170. The van der Waals surface area contributed by atoms with Crippen LogP contribution in [0.15, 0.2) is 0 Å². The average Bonchev–Trinajstić information content (AvgIpc) is 2.40. The third-order valence-electron chi connectivity index (χ3n) is 2.98. The lowest BCUT2D eigenvalue weighted by Gasteiger charge is -2.07. The molecular formula is C15H35NO4S. The molecule has 0 fully saturated rings. The summed E-state index contributed by atoms with van der Waals surface area (Å²) in [6.45, 7) is 2.25. The molecule has 0 aromatic rings. The Balaban J connectivity index is 0. The molecule has 0 amide bonds. The van der Waals surface area contributed by atoms with Crippen LogP contribution in [0.1, 0.15) is 77.6 Å². The van der Waals surface area contributed by atoms with Gasteiger partial charge in [-0.05, 0) is 6.42 Å². The third-order valence-corrected chi connectivity index (χ3v) is 3.43. The van der Waals surface area contributed by atoms with E-state index in [1.54, 1.807) is 0 Å². The zero-order valence-electron chi connectivity index (χ0n) is 14.1. The molecule has 0 aromatic heterocycles. The van der Waals surface area contributed by atoms with Crippen molar-refractivity contribution in [2.24, 2.45) is 0 Å². The molecular weight excluding hydrogens is 290 g/mol. The molecule has 130 valence electrons. The van der Waals surface area contributed by atoms with Crippen LogP contribution in [0, 0.1) is 0 Å². The second-order valence-corrected chi connectivity index (χ2v) is 6.40. The molecule has 0 saturated carbocycles. The standard InChI is InChI=1S/C13H28O4S.C2H7N/c1-2-3-4-5-6-7-8-9-10-11-12-13-17-18(14,15)16;1-3-2/h2-13H2,1H3,(H,14,15,16);3H,1-2H3. The van der Waals surface area contributed by atoms with Crippen LogP contribution in [0.2, 0.25) is 0 Å². The van der Waals surface area contributed by atoms with Crippen molar-refractivity contribution >= 4 is 10.4 Å². The molecule has 0 rings (SSSR count). The maximum Gasteiger partial charge on any atom is 0.217 e. The van der Waals surface area contributed by atoms with Gasteiger partial charge in [0, 0.05) is 0 Å². The smallest absolute Gasteiger partial charge is 0.217 e. The van der Waals surface area contributed by atoms with Gasteiger partial charge in [0.15, 0.2) is 0 Å². The predicted molar refractivity (Wildman–Crippen MR) is 85.9 cm³/mol. The second-order valence-electron chi connectivity index (χ2n) is 5.34. The van der Waals surface area contributed by atoms with Gasteiger partial charge in [0.25, 0.3) is 0 Å². The van der Waals surface area contributed by atoms with Crippen molar-refractivity contribution in [3.05, 3.63) is 0 Å². The van der Waals surface area contributed by atoms with E-state index < -0.39 is 10.4 Å². The van der Waals surface area contributed by atoms with Gasteiger partial charge in [0.2, 0.25) is 10.4 Å². The quantitative estimate of drug-likeness (QED) is 0.320. The van der Waals surface area contributed by atoms with Crippen LogP contribution >= 0.6 is 0 Å². The number of unbranched alkanes of at least 4 members (excludes halogenated alkanes) is 10. The number of nitrogens with two attached hydrogens (primary N) is 1. The van der Waals surface area contributed by atoms with Gasteiger partial charge in [-0.1, -0.05) is 71.1 Å². The summed E-state index contributed by atoms with van der Waals surface area (Å²) in [4.78, 5) is 0. The molecule has 0 bridgehead atoms. The molecule has 21 heavy (non-hydrogen) atoms. The van der Waals surface area contributed by atoms with Gasteiger partial charge in [-0.25, -0.2) is 8.42 Å². The fourth-order valence-electron chi connectivity index (χ4n) is 1.93. The molecule has 0 unspecified atom stereocenters. The van der Waals surface area contributed by atoms with Gasteiger partial charge < -0.3 is 9.87 Å². The Morgan fingerprint density at radius 2 is 1.14 bits per heavy atom. The Morgan fingerprint density at radius 1 is 0.810 bits per heavy atom. The van der Waals surface area contributed by atoms with Crippen LogP contribution in [-0.2, 0) is 14.6 Å². The summed E-state index contributed by atoms with van der Waals surface area (Å²) < 4.78 is 34.5. The van der Waals surface area contributed by atoms with Crippen LogP contribution in [-0.4, -0.2) is 33.7 Å². The molecule has 0 spiro atoms. The SMILES string of the molecule is CCCCCCCCCCCCCOS(=O)(=O)[O-].C[NH2+]C. The van der Waals surface area contributed by atoms with Crippen molar-refractivity contribution in [2.45, 2.75) is 77.6 Å². The lowest BCUT2D eigenvalue weighted by Crippen LogP contribution is -2.74. The van der Waals surface area contributed by atoms with Crippen molar-refractivity contribution in [2.75, 3.05) is 20.7 Å². The highest BCUT2D eigenvalue weighted by Crippen LogP contribution is 2.11. The molecule has 0 aliphatic carbocycles. The Morgan fingerprint density at radius 3 is 1.48 bits per heavy atom. The minimum atomic E-state index is -4.49. The van der Waals surface area contributed by atoms with E-state index in [4.69, 9.17) is 0 Å². The van der Waals surface area contributed by atoms with E-state index in [1.807, 2.05) is 19.4 Å². The van der Waals surface area contributed by atoms with Gasteiger partial charge in [-0.3, -0.25) is 4.18 Å². The fraction of sp³-hybridized carbons (Fsp3) is 1.00. The highest BCUT2D eigenvalue weighted by molar-refractivity contribution is 7.80. The summed E-state index contributed by atoms with van der Waals surface area (Å²) in [7, 11) is -0.487. The maximum absolute atomic E-state index is 10.1. The minimum Gasteiger partial charge on any atom is -0.726 e. The van der Waals surface area contributed by atoms with Crippen molar-refractivity contribution in [3.63, 3.8) is 0 Å². The first-order valence-corrected chi connectivity index (χ1v) is 9.65. The van der Waals surface area contributed by atoms with Gasteiger partial charge in [0.05, 0.1) is 20.7 Å². The largest absolute Gasteiger partial charge is 0.726 e. The van der Waals surface area contributed by atoms with Crippen molar-refractivity contribution in [3.8, 4) is 0 Å². The average molecular weight is 326 g/mol. The Bertz CT molecular complexity index is 281. The normalized spacial score (nSPS) is 11.0. The highest BCUT2D eigenvalue weighted by Gasteiger charge is 1.95.